The van der Waals surface area contributed by atoms with Crippen LogP contribution in [0.1, 0.15) is 41.1 Å². The van der Waals surface area contributed by atoms with Gasteiger partial charge in [0.25, 0.3) is 0 Å². The van der Waals surface area contributed by atoms with Crippen molar-refractivity contribution in [1.29, 1.82) is 0 Å². The molecule has 7 nitrogen and oxygen atoms in total. The number of likely N-dealkylation sites (tertiary alicyclic amines) is 1. The van der Waals surface area contributed by atoms with Crippen LogP contribution >= 0.6 is 0 Å². The van der Waals surface area contributed by atoms with Crippen LogP contribution in [0, 0.1) is 6.92 Å². The van der Waals surface area contributed by atoms with Crippen LogP contribution in [0.25, 0.3) is 0 Å². The third-order valence-electron chi connectivity index (χ3n) is 6.38. The largest absolute Gasteiger partial charge is 0.449 e. The van der Waals surface area contributed by atoms with Gasteiger partial charge in [0.05, 0.1) is 12.2 Å². The van der Waals surface area contributed by atoms with Gasteiger partial charge in [-0.05, 0) is 30.2 Å². The number of hydrogen-bond donors (Lipinski definition) is 1. The van der Waals surface area contributed by atoms with Crippen LogP contribution in [0.4, 0.5) is 0 Å². The van der Waals surface area contributed by atoms with Gasteiger partial charge < -0.3 is 14.2 Å². The summed E-state index contributed by atoms with van der Waals surface area (Å²) in [5, 5.41) is 0. The molecule has 1 saturated heterocycles. The normalized spacial score (nSPS) is 17.7. The maximum Gasteiger partial charge on any atom is 0.222 e. The molecule has 3 aromatic rings. The summed E-state index contributed by atoms with van der Waals surface area (Å²) in [6.07, 6.45) is 4.41. The molecule has 2 aromatic carbocycles. The highest BCUT2D eigenvalue weighted by atomic mass is 16.7. The van der Waals surface area contributed by atoms with Gasteiger partial charge in [-0.3, -0.25) is 0 Å². The molecule has 1 fully saturated rings. The summed E-state index contributed by atoms with van der Waals surface area (Å²) in [4.78, 5) is 20.0. The van der Waals surface area contributed by atoms with E-state index in [1.807, 2.05) is 6.92 Å². The van der Waals surface area contributed by atoms with E-state index in [9.17, 15) is 0 Å². The molecule has 0 saturated carbocycles. The van der Waals surface area contributed by atoms with Crippen LogP contribution in [-0.4, -0.2) is 46.6 Å². The molecule has 1 N–H and O–H groups in total. The molecule has 5 rings (SSSR count). The number of guanidine groups is 1. The number of rotatable bonds is 6. The first-order valence-corrected chi connectivity index (χ1v) is 11.6. The van der Waals surface area contributed by atoms with Crippen LogP contribution in [0.15, 0.2) is 70.3 Å². The van der Waals surface area contributed by atoms with Crippen molar-refractivity contribution in [3.8, 4) is 0 Å². The van der Waals surface area contributed by atoms with Crippen molar-refractivity contribution >= 4 is 5.96 Å². The molecule has 1 aromatic heterocycles. The zero-order valence-electron chi connectivity index (χ0n) is 19.3. The van der Waals surface area contributed by atoms with E-state index in [4.69, 9.17) is 14.2 Å². The Kier molecular flexibility index (Phi) is 6.15. The number of benzene rings is 2. The van der Waals surface area contributed by atoms with Crippen LogP contribution in [0.2, 0.25) is 0 Å². The summed E-state index contributed by atoms with van der Waals surface area (Å²) in [5.74, 6) is 1.42. The zero-order chi connectivity index (χ0) is 22.7. The summed E-state index contributed by atoms with van der Waals surface area (Å²) >= 11 is 0. The van der Waals surface area contributed by atoms with Crippen LogP contribution < -0.4 is 5.48 Å². The van der Waals surface area contributed by atoms with Crippen molar-refractivity contribution in [3.63, 3.8) is 0 Å². The summed E-state index contributed by atoms with van der Waals surface area (Å²) in [6.45, 7) is 5.10. The SMILES string of the molecule is Cc1nc(CN(Cc2ccc(Cc3ccccc3)cc2)C2=NC3(CCN(C)CC3)ON2)co1. The summed E-state index contributed by atoms with van der Waals surface area (Å²) in [7, 11) is 2.14. The Bertz CT molecular complexity index is 1090. The molecule has 0 bridgehead atoms. The number of oxazole rings is 1. The Labute approximate surface area is 195 Å². The van der Waals surface area contributed by atoms with Crippen molar-refractivity contribution in [3.05, 3.63) is 89.1 Å². The van der Waals surface area contributed by atoms with E-state index in [0.717, 1.165) is 44.0 Å². The predicted octanol–water partition coefficient (Wildman–Crippen LogP) is 3.89. The minimum absolute atomic E-state index is 0.473. The maximum absolute atomic E-state index is 6.02. The Morgan fingerprint density at radius 1 is 0.970 bits per heavy atom. The average molecular weight is 446 g/mol. The van der Waals surface area contributed by atoms with Crippen molar-refractivity contribution in [2.75, 3.05) is 20.1 Å². The molecule has 2 aliphatic rings. The van der Waals surface area contributed by atoms with E-state index in [2.05, 4.69) is 81.9 Å². The fourth-order valence-electron chi connectivity index (χ4n) is 4.39. The second-order valence-electron chi connectivity index (χ2n) is 9.08. The summed E-state index contributed by atoms with van der Waals surface area (Å²) < 4.78 is 5.44. The molecule has 0 atom stereocenters. The molecule has 0 radical (unpaired) electrons. The van der Waals surface area contributed by atoms with Crippen LogP contribution in [-0.2, 0) is 24.3 Å². The molecule has 2 aliphatic heterocycles. The topological polar surface area (TPSA) is 66.1 Å². The average Bonchev–Trinajstić information content (AvgIpc) is 3.44. The monoisotopic (exact) mass is 445 g/mol. The quantitative estimate of drug-likeness (QED) is 0.621. The lowest BCUT2D eigenvalue weighted by Gasteiger charge is -2.33. The Morgan fingerprint density at radius 2 is 1.67 bits per heavy atom. The van der Waals surface area contributed by atoms with Crippen LogP contribution in [0.3, 0.4) is 0 Å². The van der Waals surface area contributed by atoms with E-state index in [1.54, 1.807) is 6.26 Å². The molecular weight excluding hydrogens is 414 g/mol. The highest BCUT2D eigenvalue weighted by Gasteiger charge is 2.40. The van der Waals surface area contributed by atoms with Crippen molar-refractivity contribution in [2.45, 2.75) is 45.0 Å². The standard InChI is InChI=1S/C26H31N5O2/c1-20-27-24(19-32-20)18-31(25-28-26(33-29-25)12-14-30(2)15-13-26)17-23-10-8-22(9-11-23)16-21-6-4-3-5-7-21/h3-11,19H,12-18H2,1-2H3,(H,28,29). The number of piperidine rings is 1. The number of nitrogens with zero attached hydrogens (tertiary/aromatic N) is 4. The van der Waals surface area contributed by atoms with Gasteiger partial charge in [-0.25, -0.2) is 20.3 Å². The first-order chi connectivity index (χ1) is 16.1. The van der Waals surface area contributed by atoms with E-state index in [0.29, 0.717) is 19.0 Å². The lowest BCUT2D eigenvalue weighted by atomic mass is 10.0. The number of hydrogen-bond acceptors (Lipinski definition) is 7. The molecule has 0 unspecified atom stereocenters. The molecule has 172 valence electrons. The van der Waals surface area contributed by atoms with Gasteiger partial charge in [0, 0.05) is 39.4 Å². The first kappa shape index (κ1) is 21.7. The lowest BCUT2D eigenvalue weighted by Crippen LogP contribution is -2.43. The third kappa shape index (κ3) is 5.26. The van der Waals surface area contributed by atoms with Gasteiger partial charge in [0.1, 0.15) is 6.26 Å². The number of aryl methyl sites for hydroxylation is 1. The molecule has 7 heteroatoms. The van der Waals surface area contributed by atoms with Crippen molar-refractivity contribution in [2.24, 2.45) is 4.99 Å². The van der Waals surface area contributed by atoms with Crippen molar-refractivity contribution in [1.82, 2.24) is 20.3 Å². The lowest BCUT2D eigenvalue weighted by molar-refractivity contribution is -0.0875. The number of nitrogens with one attached hydrogen (secondary N) is 1. The highest BCUT2D eigenvalue weighted by molar-refractivity contribution is 5.80. The Morgan fingerprint density at radius 3 is 2.36 bits per heavy atom. The maximum atomic E-state index is 6.02. The van der Waals surface area contributed by atoms with Gasteiger partial charge >= 0.3 is 0 Å². The summed E-state index contributed by atoms with van der Waals surface area (Å²) in [5.41, 5.74) is 7.35. The minimum atomic E-state index is -0.473. The molecular formula is C26H31N5O2. The molecule has 1 spiro atoms. The Balaban J connectivity index is 1.33. The molecule has 0 aliphatic carbocycles. The van der Waals surface area contributed by atoms with Crippen LogP contribution in [0.5, 0.6) is 0 Å². The fourth-order valence-corrected chi connectivity index (χ4v) is 4.39. The molecule has 33 heavy (non-hydrogen) atoms. The van der Waals surface area contributed by atoms with Gasteiger partial charge in [-0.15, -0.1) is 0 Å². The minimum Gasteiger partial charge on any atom is -0.449 e. The smallest absolute Gasteiger partial charge is 0.222 e. The summed E-state index contributed by atoms with van der Waals surface area (Å²) in [6, 6.07) is 19.4. The third-order valence-corrected chi connectivity index (χ3v) is 6.38. The highest BCUT2D eigenvalue weighted by Crippen LogP contribution is 2.30. The van der Waals surface area contributed by atoms with E-state index < -0.39 is 5.72 Å². The number of aliphatic imine (C=N–C) groups is 1. The first-order valence-electron chi connectivity index (χ1n) is 11.6. The van der Waals surface area contributed by atoms with Gasteiger partial charge in [-0.1, -0.05) is 54.6 Å². The van der Waals surface area contributed by atoms with E-state index in [-0.39, 0.29) is 0 Å². The number of aromatic nitrogens is 1. The Hall–Kier alpha value is -3.16. The van der Waals surface area contributed by atoms with Gasteiger partial charge in [0.2, 0.25) is 5.96 Å². The van der Waals surface area contributed by atoms with E-state index in [1.165, 1.54) is 16.7 Å². The second kappa shape index (κ2) is 9.37. The molecule has 0 amide bonds. The van der Waals surface area contributed by atoms with Gasteiger partial charge in [-0.2, -0.15) is 0 Å². The number of hydroxylamine groups is 1. The second-order valence-corrected chi connectivity index (χ2v) is 9.08. The van der Waals surface area contributed by atoms with Crippen molar-refractivity contribution < 1.29 is 9.25 Å². The van der Waals surface area contributed by atoms with E-state index >= 15 is 0 Å². The van der Waals surface area contributed by atoms with Gasteiger partial charge in [0.15, 0.2) is 11.6 Å². The zero-order valence-corrected chi connectivity index (χ0v) is 19.3. The predicted molar refractivity (Wildman–Crippen MR) is 127 cm³/mol. The molecule has 3 heterocycles. The fraction of sp³-hybridized carbons (Fsp3) is 0.385.